The Morgan fingerprint density at radius 2 is 1.92 bits per heavy atom. The molecule has 0 N–H and O–H groups in total. The van der Waals surface area contributed by atoms with E-state index in [2.05, 4.69) is 15.9 Å². The van der Waals surface area contributed by atoms with Crippen LogP contribution in [0.5, 0.6) is 17.2 Å². The summed E-state index contributed by atoms with van der Waals surface area (Å²) in [5.74, 6) is 1.21. The van der Waals surface area contributed by atoms with Crippen molar-refractivity contribution in [1.82, 2.24) is 0 Å². The molecule has 0 atom stereocenters. The van der Waals surface area contributed by atoms with E-state index in [0.717, 1.165) is 10.0 Å². The van der Waals surface area contributed by atoms with Crippen LogP contribution in [0.15, 0.2) is 40.9 Å². The monoisotopic (exact) mass is 412 g/mol. The van der Waals surface area contributed by atoms with E-state index in [1.165, 1.54) is 0 Å². The number of halogens is 2. The van der Waals surface area contributed by atoms with Crippen molar-refractivity contribution < 1.29 is 23.7 Å². The molecule has 0 aliphatic carbocycles. The third-order valence-corrected chi connectivity index (χ3v) is 4.04. The van der Waals surface area contributed by atoms with Crippen molar-refractivity contribution in [1.29, 1.82) is 0 Å². The molecule has 0 unspecified atom stereocenters. The average Bonchev–Trinajstić information content (AvgIpc) is 2.59. The Kier molecular flexibility index (Phi) is 5.48. The van der Waals surface area contributed by atoms with Gasteiger partial charge in [0.05, 0.1) is 5.02 Å². The van der Waals surface area contributed by atoms with E-state index in [9.17, 15) is 4.79 Å². The van der Waals surface area contributed by atoms with E-state index < -0.39 is 5.97 Å². The van der Waals surface area contributed by atoms with E-state index in [1.807, 2.05) is 12.1 Å². The first-order chi connectivity index (χ1) is 11.6. The highest BCUT2D eigenvalue weighted by Crippen LogP contribution is 2.38. The zero-order chi connectivity index (χ0) is 16.9. The Hall–Kier alpha value is -1.92. The highest BCUT2D eigenvalue weighted by atomic mass is 79.9. The molecule has 0 aromatic heterocycles. The molecule has 1 aliphatic heterocycles. The van der Waals surface area contributed by atoms with Gasteiger partial charge in [0.15, 0.2) is 18.1 Å². The summed E-state index contributed by atoms with van der Waals surface area (Å²) < 4.78 is 22.4. The van der Waals surface area contributed by atoms with E-state index in [1.54, 1.807) is 24.3 Å². The maximum Gasteiger partial charge on any atom is 0.344 e. The molecule has 0 bridgehead atoms. The molecule has 2 aromatic rings. The van der Waals surface area contributed by atoms with Crippen molar-refractivity contribution in [2.75, 3.05) is 19.8 Å². The third-order valence-electron chi connectivity index (χ3n) is 3.23. The maximum absolute atomic E-state index is 11.8. The third kappa shape index (κ3) is 4.33. The summed E-state index contributed by atoms with van der Waals surface area (Å²) in [6.07, 6.45) is 0. The quantitative estimate of drug-likeness (QED) is 0.694. The summed E-state index contributed by atoms with van der Waals surface area (Å²) in [7, 11) is 0. The minimum atomic E-state index is -0.469. The first kappa shape index (κ1) is 16.9. The van der Waals surface area contributed by atoms with Crippen molar-refractivity contribution in [2.24, 2.45) is 0 Å². The number of rotatable bonds is 5. The molecule has 0 radical (unpaired) electrons. The van der Waals surface area contributed by atoms with Crippen molar-refractivity contribution in [3.05, 3.63) is 51.5 Å². The van der Waals surface area contributed by atoms with Crippen LogP contribution in [0.1, 0.15) is 5.56 Å². The second kappa shape index (κ2) is 7.77. The lowest BCUT2D eigenvalue weighted by Gasteiger charge is -2.20. The maximum atomic E-state index is 11.8. The fourth-order valence-electron chi connectivity index (χ4n) is 2.13. The van der Waals surface area contributed by atoms with Gasteiger partial charge in [0.25, 0.3) is 0 Å². The molecule has 0 saturated heterocycles. The fraction of sp³-hybridized carbons (Fsp3) is 0.235. The summed E-state index contributed by atoms with van der Waals surface area (Å²) in [6, 6.07) is 10.6. The first-order valence-electron chi connectivity index (χ1n) is 7.24. The lowest BCUT2D eigenvalue weighted by molar-refractivity contribution is -0.147. The van der Waals surface area contributed by atoms with Gasteiger partial charge in [-0.3, -0.25) is 0 Å². The lowest BCUT2D eigenvalue weighted by Crippen LogP contribution is -2.17. The van der Waals surface area contributed by atoms with E-state index in [-0.39, 0.29) is 13.2 Å². The van der Waals surface area contributed by atoms with Gasteiger partial charge in [0.2, 0.25) is 0 Å². The van der Waals surface area contributed by atoms with Crippen molar-refractivity contribution in [2.45, 2.75) is 6.61 Å². The van der Waals surface area contributed by atoms with E-state index in [4.69, 9.17) is 30.5 Å². The van der Waals surface area contributed by atoms with Crippen LogP contribution in [-0.4, -0.2) is 25.8 Å². The SMILES string of the molecule is O=C(COc1ccc(Br)cc1)OCc1cc(Cl)c2c(c1)OCCO2. The Morgan fingerprint density at radius 3 is 2.71 bits per heavy atom. The summed E-state index contributed by atoms with van der Waals surface area (Å²) >= 11 is 9.47. The number of carbonyl (C=O) groups is 1. The van der Waals surface area contributed by atoms with Gasteiger partial charge in [-0.1, -0.05) is 27.5 Å². The van der Waals surface area contributed by atoms with Gasteiger partial charge in [-0.05, 0) is 42.0 Å². The first-order valence-corrected chi connectivity index (χ1v) is 8.41. The van der Waals surface area contributed by atoms with Crippen LogP contribution in [0.2, 0.25) is 5.02 Å². The van der Waals surface area contributed by atoms with Gasteiger partial charge in [-0.25, -0.2) is 4.79 Å². The topological polar surface area (TPSA) is 54.0 Å². The highest BCUT2D eigenvalue weighted by molar-refractivity contribution is 9.10. The number of carbonyl (C=O) groups excluding carboxylic acids is 1. The number of hydrogen-bond acceptors (Lipinski definition) is 5. The molecule has 7 heteroatoms. The molecule has 0 saturated carbocycles. The van der Waals surface area contributed by atoms with Crippen LogP contribution in [-0.2, 0) is 16.1 Å². The van der Waals surface area contributed by atoms with Gasteiger partial charge >= 0.3 is 5.97 Å². The fourth-order valence-corrected chi connectivity index (χ4v) is 2.68. The average molecular weight is 414 g/mol. The summed E-state index contributed by atoms with van der Waals surface area (Å²) in [5.41, 5.74) is 0.723. The van der Waals surface area contributed by atoms with Crippen molar-refractivity contribution in [3.8, 4) is 17.2 Å². The zero-order valence-corrected chi connectivity index (χ0v) is 14.9. The van der Waals surface area contributed by atoms with E-state index in [0.29, 0.717) is 35.5 Å². The predicted molar refractivity (Wildman–Crippen MR) is 91.9 cm³/mol. The second-order valence-corrected chi connectivity index (χ2v) is 6.33. The van der Waals surface area contributed by atoms with Crippen molar-refractivity contribution in [3.63, 3.8) is 0 Å². The normalized spacial score (nSPS) is 12.6. The summed E-state index contributed by atoms with van der Waals surface area (Å²) in [5, 5.41) is 0.435. The molecular weight excluding hydrogens is 400 g/mol. The molecule has 5 nitrogen and oxygen atoms in total. The Morgan fingerprint density at radius 1 is 1.17 bits per heavy atom. The predicted octanol–water partition coefficient (Wildman–Crippen LogP) is 4.00. The Labute approximate surface area is 152 Å². The summed E-state index contributed by atoms with van der Waals surface area (Å²) in [4.78, 5) is 11.8. The summed E-state index contributed by atoms with van der Waals surface area (Å²) in [6.45, 7) is 0.848. The van der Waals surface area contributed by atoms with Crippen LogP contribution in [0.3, 0.4) is 0 Å². The second-order valence-electron chi connectivity index (χ2n) is 5.01. The van der Waals surface area contributed by atoms with Crippen LogP contribution < -0.4 is 14.2 Å². The molecular formula is C17H14BrClO5. The van der Waals surface area contributed by atoms with Crippen LogP contribution >= 0.6 is 27.5 Å². The van der Waals surface area contributed by atoms with Gasteiger partial charge in [0.1, 0.15) is 25.6 Å². The van der Waals surface area contributed by atoms with E-state index >= 15 is 0 Å². The van der Waals surface area contributed by atoms with Crippen LogP contribution in [0, 0.1) is 0 Å². The highest BCUT2D eigenvalue weighted by Gasteiger charge is 2.17. The number of fused-ring (bicyclic) bond motifs is 1. The number of hydrogen-bond donors (Lipinski definition) is 0. The van der Waals surface area contributed by atoms with Gasteiger partial charge in [0, 0.05) is 4.47 Å². The Balaban J connectivity index is 1.52. The molecule has 0 spiro atoms. The van der Waals surface area contributed by atoms with Gasteiger partial charge < -0.3 is 18.9 Å². The molecule has 24 heavy (non-hydrogen) atoms. The van der Waals surface area contributed by atoms with Gasteiger partial charge in [-0.15, -0.1) is 0 Å². The molecule has 3 rings (SSSR count). The van der Waals surface area contributed by atoms with Crippen molar-refractivity contribution >= 4 is 33.5 Å². The molecule has 2 aromatic carbocycles. The van der Waals surface area contributed by atoms with Crippen LogP contribution in [0.4, 0.5) is 0 Å². The smallest absolute Gasteiger partial charge is 0.344 e. The molecule has 0 fully saturated rings. The minimum Gasteiger partial charge on any atom is -0.486 e. The minimum absolute atomic E-state index is 0.0822. The largest absolute Gasteiger partial charge is 0.486 e. The van der Waals surface area contributed by atoms with Crippen LogP contribution in [0.25, 0.3) is 0 Å². The molecule has 1 heterocycles. The standard InChI is InChI=1S/C17H14BrClO5/c18-12-1-3-13(4-2-12)23-10-16(20)24-9-11-7-14(19)17-15(8-11)21-5-6-22-17/h1-4,7-8H,5-6,9-10H2. The molecule has 0 amide bonds. The number of esters is 1. The Bertz CT molecular complexity index is 733. The molecule has 126 valence electrons. The lowest BCUT2D eigenvalue weighted by atomic mass is 10.2. The zero-order valence-electron chi connectivity index (χ0n) is 12.6. The molecule has 1 aliphatic rings. The van der Waals surface area contributed by atoms with Gasteiger partial charge in [-0.2, -0.15) is 0 Å². The number of benzene rings is 2. The number of ether oxygens (including phenoxy) is 4.